The monoisotopic (exact) mass is 386 g/mol. The number of carbonyl (C=O) groups is 1. The van der Waals surface area contributed by atoms with Crippen LogP contribution in [-0.2, 0) is 4.79 Å². The van der Waals surface area contributed by atoms with Crippen molar-refractivity contribution in [3.05, 3.63) is 48.0 Å². The van der Waals surface area contributed by atoms with Crippen LogP contribution in [0.25, 0.3) is 11.4 Å². The molecule has 26 heavy (non-hydrogen) atoms. The van der Waals surface area contributed by atoms with E-state index in [0.29, 0.717) is 11.7 Å². The predicted octanol–water partition coefficient (Wildman–Crippen LogP) is 3.45. The van der Waals surface area contributed by atoms with Crippen molar-refractivity contribution in [2.24, 2.45) is 0 Å². The molecule has 1 saturated carbocycles. The van der Waals surface area contributed by atoms with Gasteiger partial charge in [-0.15, -0.1) is 10.2 Å². The Kier molecular flexibility index (Phi) is 4.85. The Morgan fingerprint density at radius 3 is 2.77 bits per heavy atom. The number of rotatable bonds is 6. The number of hydrogen-bond acceptors (Lipinski definition) is 6. The van der Waals surface area contributed by atoms with E-state index in [1.165, 1.54) is 11.8 Å². The molecule has 0 unspecified atom stereocenters. The zero-order chi connectivity index (χ0) is 17.9. The molecule has 0 saturated heterocycles. The van der Waals surface area contributed by atoms with Gasteiger partial charge in [0, 0.05) is 30.2 Å². The molecule has 0 bridgehead atoms. The zero-order valence-electron chi connectivity index (χ0n) is 13.7. The molecule has 1 fully saturated rings. The quantitative estimate of drug-likeness (QED) is 0.515. The van der Waals surface area contributed by atoms with Crippen LogP contribution < -0.4 is 5.32 Å². The van der Waals surface area contributed by atoms with E-state index < -0.39 is 0 Å². The molecule has 0 atom stereocenters. The van der Waals surface area contributed by atoms with Gasteiger partial charge in [-0.3, -0.25) is 14.3 Å². The van der Waals surface area contributed by atoms with Gasteiger partial charge in [-0.25, -0.2) is 4.98 Å². The van der Waals surface area contributed by atoms with Crippen molar-refractivity contribution in [2.45, 2.75) is 24.0 Å². The average Bonchev–Trinajstić information content (AvgIpc) is 3.42. The van der Waals surface area contributed by atoms with Gasteiger partial charge in [0.05, 0.1) is 11.4 Å². The SMILES string of the molecule is O=C(CSc1nnc(-c2ccncc2)n1C1CC1)Nc1cccnc1Cl. The highest BCUT2D eigenvalue weighted by Gasteiger charge is 2.30. The highest BCUT2D eigenvalue weighted by molar-refractivity contribution is 7.99. The topological polar surface area (TPSA) is 85.6 Å². The molecule has 7 nitrogen and oxygen atoms in total. The van der Waals surface area contributed by atoms with Crippen LogP contribution in [0.1, 0.15) is 18.9 Å². The number of nitrogens with zero attached hydrogens (tertiary/aromatic N) is 5. The van der Waals surface area contributed by atoms with Crippen molar-refractivity contribution in [3.8, 4) is 11.4 Å². The minimum Gasteiger partial charge on any atom is -0.323 e. The number of anilines is 1. The molecule has 0 radical (unpaired) electrons. The second-order valence-electron chi connectivity index (χ2n) is 5.82. The highest BCUT2D eigenvalue weighted by Crippen LogP contribution is 2.40. The van der Waals surface area contributed by atoms with Crippen LogP contribution in [0.15, 0.2) is 48.0 Å². The van der Waals surface area contributed by atoms with Gasteiger partial charge in [-0.1, -0.05) is 23.4 Å². The maximum absolute atomic E-state index is 12.2. The summed E-state index contributed by atoms with van der Waals surface area (Å²) in [4.78, 5) is 20.2. The summed E-state index contributed by atoms with van der Waals surface area (Å²) >= 11 is 7.33. The van der Waals surface area contributed by atoms with Gasteiger partial charge >= 0.3 is 0 Å². The predicted molar refractivity (Wildman–Crippen MR) is 100 cm³/mol. The van der Waals surface area contributed by atoms with E-state index >= 15 is 0 Å². The molecule has 0 aromatic carbocycles. The molecule has 1 amide bonds. The smallest absolute Gasteiger partial charge is 0.234 e. The standard InChI is InChI=1S/C17H15ClN6OS/c18-15-13(2-1-7-20-15)21-14(25)10-26-17-23-22-16(24(17)12-3-4-12)11-5-8-19-9-6-11/h1-2,5-9,12H,3-4,10H2,(H,21,25). The summed E-state index contributed by atoms with van der Waals surface area (Å²) in [6, 6.07) is 7.65. The molecule has 3 aromatic rings. The van der Waals surface area contributed by atoms with Gasteiger partial charge in [-0.05, 0) is 37.1 Å². The lowest BCUT2D eigenvalue weighted by molar-refractivity contribution is -0.113. The summed E-state index contributed by atoms with van der Waals surface area (Å²) < 4.78 is 2.12. The van der Waals surface area contributed by atoms with Gasteiger partial charge in [0.25, 0.3) is 0 Å². The molecule has 1 aliphatic carbocycles. The van der Waals surface area contributed by atoms with Crippen molar-refractivity contribution in [1.29, 1.82) is 0 Å². The van der Waals surface area contributed by atoms with E-state index in [9.17, 15) is 4.79 Å². The molecular weight excluding hydrogens is 372 g/mol. The van der Waals surface area contributed by atoms with Crippen LogP contribution in [0.4, 0.5) is 5.69 Å². The first-order chi connectivity index (χ1) is 12.7. The van der Waals surface area contributed by atoms with E-state index in [4.69, 9.17) is 11.6 Å². The van der Waals surface area contributed by atoms with E-state index in [2.05, 4.69) is 30.0 Å². The number of hydrogen-bond donors (Lipinski definition) is 1. The van der Waals surface area contributed by atoms with Crippen molar-refractivity contribution in [3.63, 3.8) is 0 Å². The minimum absolute atomic E-state index is 0.166. The molecule has 132 valence electrons. The number of thioether (sulfide) groups is 1. The number of carbonyl (C=O) groups excluding carboxylic acids is 1. The maximum atomic E-state index is 12.2. The second kappa shape index (κ2) is 7.43. The molecule has 0 spiro atoms. The van der Waals surface area contributed by atoms with Crippen LogP contribution >= 0.6 is 23.4 Å². The maximum Gasteiger partial charge on any atom is 0.234 e. The van der Waals surface area contributed by atoms with Gasteiger partial charge in [0.2, 0.25) is 5.91 Å². The average molecular weight is 387 g/mol. The van der Waals surface area contributed by atoms with Gasteiger partial charge in [-0.2, -0.15) is 0 Å². The van der Waals surface area contributed by atoms with Gasteiger partial charge in [0.1, 0.15) is 0 Å². The number of halogens is 1. The lowest BCUT2D eigenvalue weighted by atomic mass is 10.2. The summed E-state index contributed by atoms with van der Waals surface area (Å²) in [5, 5.41) is 12.4. The van der Waals surface area contributed by atoms with E-state index in [0.717, 1.165) is 29.4 Å². The Morgan fingerprint density at radius 2 is 2.04 bits per heavy atom. The Labute approximate surface area is 159 Å². The number of nitrogens with one attached hydrogen (secondary N) is 1. The largest absolute Gasteiger partial charge is 0.323 e. The molecule has 1 aliphatic rings. The molecule has 3 aromatic heterocycles. The van der Waals surface area contributed by atoms with E-state index in [1.807, 2.05) is 12.1 Å². The Hall–Kier alpha value is -2.45. The van der Waals surface area contributed by atoms with Crippen LogP contribution in [-0.4, -0.2) is 36.4 Å². The lowest BCUT2D eigenvalue weighted by Gasteiger charge is -2.09. The Morgan fingerprint density at radius 1 is 1.23 bits per heavy atom. The third kappa shape index (κ3) is 3.71. The molecule has 3 heterocycles. The number of amides is 1. The summed E-state index contributed by atoms with van der Waals surface area (Å²) in [7, 11) is 0. The van der Waals surface area contributed by atoms with Crippen molar-refractivity contribution in [1.82, 2.24) is 24.7 Å². The normalized spacial score (nSPS) is 13.6. The first-order valence-electron chi connectivity index (χ1n) is 8.11. The number of aromatic nitrogens is 5. The van der Waals surface area contributed by atoms with Gasteiger partial charge < -0.3 is 5.32 Å². The van der Waals surface area contributed by atoms with Gasteiger partial charge in [0.15, 0.2) is 16.1 Å². The molecule has 4 rings (SSSR count). The van der Waals surface area contributed by atoms with Crippen LogP contribution in [0.2, 0.25) is 5.15 Å². The summed E-state index contributed by atoms with van der Waals surface area (Å²) in [5.41, 5.74) is 1.47. The highest BCUT2D eigenvalue weighted by atomic mass is 35.5. The Bertz CT molecular complexity index is 928. The molecular formula is C17H15ClN6OS. The van der Waals surface area contributed by atoms with Crippen molar-refractivity contribution < 1.29 is 4.79 Å². The Balaban J connectivity index is 1.48. The molecule has 1 N–H and O–H groups in total. The fraction of sp³-hybridized carbons (Fsp3) is 0.235. The summed E-state index contributed by atoms with van der Waals surface area (Å²) in [5.74, 6) is 0.862. The van der Waals surface area contributed by atoms with Crippen LogP contribution in [0, 0.1) is 0 Å². The molecule has 0 aliphatic heterocycles. The lowest BCUT2D eigenvalue weighted by Crippen LogP contribution is -2.15. The van der Waals surface area contributed by atoms with Crippen LogP contribution in [0.3, 0.4) is 0 Å². The van der Waals surface area contributed by atoms with E-state index in [1.54, 1.807) is 30.7 Å². The summed E-state index contributed by atoms with van der Waals surface area (Å²) in [6.07, 6.45) is 7.24. The minimum atomic E-state index is -0.166. The number of pyridine rings is 2. The fourth-order valence-electron chi connectivity index (χ4n) is 2.53. The molecule has 9 heteroatoms. The van der Waals surface area contributed by atoms with E-state index in [-0.39, 0.29) is 16.8 Å². The third-order valence-electron chi connectivity index (χ3n) is 3.88. The van der Waals surface area contributed by atoms with Crippen molar-refractivity contribution in [2.75, 3.05) is 11.1 Å². The first-order valence-corrected chi connectivity index (χ1v) is 9.47. The zero-order valence-corrected chi connectivity index (χ0v) is 15.2. The summed E-state index contributed by atoms with van der Waals surface area (Å²) in [6.45, 7) is 0. The first kappa shape index (κ1) is 17.0. The fourth-order valence-corrected chi connectivity index (χ4v) is 3.50. The van der Waals surface area contributed by atoms with Crippen molar-refractivity contribution >= 4 is 35.0 Å². The second-order valence-corrected chi connectivity index (χ2v) is 7.12. The third-order valence-corrected chi connectivity index (χ3v) is 5.12. The van der Waals surface area contributed by atoms with Crippen LogP contribution in [0.5, 0.6) is 0 Å².